The summed E-state index contributed by atoms with van der Waals surface area (Å²) in [4.78, 5) is 0. The minimum Gasteiger partial charge on any atom is -0.263 e. The van der Waals surface area contributed by atoms with Crippen LogP contribution >= 0.6 is 0 Å². The van der Waals surface area contributed by atoms with Gasteiger partial charge in [0.2, 0.25) is 0 Å². The Hall–Kier alpha value is -0.340. The van der Waals surface area contributed by atoms with Gasteiger partial charge in [0.15, 0.2) is 0 Å². The monoisotopic (exact) mass is 194 g/mol. The molecule has 0 fully saturated rings. The average molecular weight is 194 g/mol. The molecule has 4 nitrogen and oxygen atoms in total. The van der Waals surface area contributed by atoms with E-state index >= 15 is 0 Å². The summed E-state index contributed by atoms with van der Waals surface area (Å²) in [5.41, 5.74) is 0. The van der Waals surface area contributed by atoms with E-state index in [2.05, 4.69) is 4.18 Å². The topological polar surface area (TPSA) is 63.6 Å². The van der Waals surface area contributed by atoms with Gasteiger partial charge in [-0.2, -0.15) is 21.4 Å². The highest BCUT2D eigenvalue weighted by Gasteiger charge is 2.35. The van der Waals surface area contributed by atoms with Gasteiger partial charge < -0.3 is 0 Å². The molecule has 0 amide bonds. The molecule has 11 heavy (non-hydrogen) atoms. The standard InChI is InChI=1S/C3H5F3O4S/c4-2-1-3(5,6)10-11(7,8)9/h1-2H2,(H,7,8,9). The van der Waals surface area contributed by atoms with Crippen LogP contribution in [0.2, 0.25) is 0 Å². The Morgan fingerprint density at radius 1 is 1.45 bits per heavy atom. The first-order chi connectivity index (χ1) is 4.77. The molecule has 0 bridgehead atoms. The highest BCUT2D eigenvalue weighted by molar-refractivity contribution is 7.80. The second-order valence-corrected chi connectivity index (χ2v) is 2.61. The Balaban J connectivity index is 4.13. The zero-order valence-electron chi connectivity index (χ0n) is 5.13. The van der Waals surface area contributed by atoms with Crippen LogP contribution in [0.25, 0.3) is 0 Å². The molecule has 0 aliphatic carbocycles. The molecule has 0 saturated carbocycles. The molecule has 0 radical (unpaired) electrons. The van der Waals surface area contributed by atoms with Gasteiger partial charge in [0.1, 0.15) is 0 Å². The zero-order chi connectivity index (χ0) is 9.12. The minimum absolute atomic E-state index is 1.41. The van der Waals surface area contributed by atoms with Crippen LogP contribution in [0.3, 0.4) is 0 Å². The predicted octanol–water partition coefficient (Wildman–Crippen LogP) is 0.758. The highest BCUT2D eigenvalue weighted by atomic mass is 32.3. The molecule has 0 spiro atoms. The molecule has 68 valence electrons. The maximum atomic E-state index is 11.9. The van der Waals surface area contributed by atoms with Crippen molar-refractivity contribution < 1.29 is 30.3 Å². The van der Waals surface area contributed by atoms with E-state index in [0.29, 0.717) is 0 Å². The fourth-order valence-electron chi connectivity index (χ4n) is 0.306. The molecule has 0 unspecified atom stereocenters. The molecule has 0 aliphatic rings. The Morgan fingerprint density at radius 2 is 1.91 bits per heavy atom. The van der Waals surface area contributed by atoms with Gasteiger partial charge in [0, 0.05) is 0 Å². The molecule has 0 saturated heterocycles. The van der Waals surface area contributed by atoms with E-state index < -0.39 is 29.6 Å². The lowest BCUT2D eigenvalue weighted by Gasteiger charge is -2.10. The summed E-state index contributed by atoms with van der Waals surface area (Å²) in [5, 5.41) is 0. The predicted molar refractivity (Wildman–Crippen MR) is 28.2 cm³/mol. The Kier molecular flexibility index (Phi) is 3.27. The van der Waals surface area contributed by atoms with Crippen LogP contribution in [0, 0.1) is 0 Å². The van der Waals surface area contributed by atoms with E-state index in [4.69, 9.17) is 4.55 Å². The van der Waals surface area contributed by atoms with Crippen molar-refractivity contribution in [2.75, 3.05) is 6.67 Å². The van der Waals surface area contributed by atoms with E-state index in [1.54, 1.807) is 0 Å². The summed E-state index contributed by atoms with van der Waals surface area (Å²) in [7, 11) is -5.22. The molecule has 0 aliphatic heterocycles. The smallest absolute Gasteiger partial charge is 0.263 e. The van der Waals surface area contributed by atoms with Crippen LogP contribution in [0.15, 0.2) is 0 Å². The van der Waals surface area contributed by atoms with E-state index in [1.807, 2.05) is 0 Å². The van der Waals surface area contributed by atoms with Gasteiger partial charge in [0.05, 0.1) is 13.1 Å². The SMILES string of the molecule is O=S(=O)(O)OC(F)(F)CCF. The summed E-state index contributed by atoms with van der Waals surface area (Å²) in [6.07, 6.45) is -5.59. The molecule has 0 heterocycles. The maximum Gasteiger partial charge on any atom is 0.402 e. The van der Waals surface area contributed by atoms with Gasteiger partial charge in [0.25, 0.3) is 0 Å². The van der Waals surface area contributed by atoms with Crippen molar-refractivity contribution in [1.82, 2.24) is 0 Å². The first-order valence-corrected chi connectivity index (χ1v) is 3.75. The molecule has 1 N–H and O–H groups in total. The second kappa shape index (κ2) is 3.37. The summed E-state index contributed by atoms with van der Waals surface area (Å²) < 4.78 is 64.9. The van der Waals surface area contributed by atoms with Crippen molar-refractivity contribution in [3.63, 3.8) is 0 Å². The first-order valence-electron chi connectivity index (χ1n) is 2.39. The first kappa shape index (κ1) is 10.7. The molecule has 8 heteroatoms. The normalized spacial score (nSPS) is 13.5. The van der Waals surface area contributed by atoms with E-state index in [-0.39, 0.29) is 0 Å². The molecular formula is C3H5F3O4S. The highest BCUT2D eigenvalue weighted by Crippen LogP contribution is 2.21. The van der Waals surface area contributed by atoms with Crippen molar-refractivity contribution in [3.8, 4) is 0 Å². The molecule has 0 atom stereocenters. The van der Waals surface area contributed by atoms with Crippen LogP contribution in [-0.4, -0.2) is 25.8 Å². The van der Waals surface area contributed by atoms with E-state index in [0.717, 1.165) is 0 Å². The van der Waals surface area contributed by atoms with Crippen LogP contribution < -0.4 is 0 Å². The fourth-order valence-corrected chi connectivity index (χ4v) is 0.697. The van der Waals surface area contributed by atoms with Gasteiger partial charge in [-0.15, -0.1) is 0 Å². The zero-order valence-corrected chi connectivity index (χ0v) is 5.94. The van der Waals surface area contributed by atoms with Gasteiger partial charge in [-0.25, -0.2) is 0 Å². The van der Waals surface area contributed by atoms with Crippen molar-refractivity contribution in [2.45, 2.75) is 12.5 Å². The third-order valence-electron chi connectivity index (χ3n) is 0.613. The Morgan fingerprint density at radius 3 is 2.18 bits per heavy atom. The number of alkyl halides is 3. The summed E-state index contributed by atoms with van der Waals surface area (Å²) in [5.74, 6) is 0. The van der Waals surface area contributed by atoms with Gasteiger partial charge >= 0.3 is 16.5 Å². The molecule has 0 aromatic heterocycles. The second-order valence-electron chi connectivity index (χ2n) is 1.59. The van der Waals surface area contributed by atoms with Crippen LogP contribution in [0.1, 0.15) is 6.42 Å². The maximum absolute atomic E-state index is 11.9. The van der Waals surface area contributed by atoms with Crippen molar-refractivity contribution in [2.24, 2.45) is 0 Å². The lowest BCUT2D eigenvalue weighted by atomic mass is 10.4. The summed E-state index contributed by atoms with van der Waals surface area (Å²) >= 11 is 0. The van der Waals surface area contributed by atoms with Gasteiger partial charge in [-0.05, 0) is 0 Å². The average Bonchev–Trinajstić information content (AvgIpc) is 1.55. The number of halogens is 3. The van der Waals surface area contributed by atoms with Crippen molar-refractivity contribution in [3.05, 3.63) is 0 Å². The van der Waals surface area contributed by atoms with Gasteiger partial charge in [-0.1, -0.05) is 0 Å². The molecule has 0 rings (SSSR count). The molecular weight excluding hydrogens is 189 g/mol. The van der Waals surface area contributed by atoms with Crippen LogP contribution in [0.4, 0.5) is 13.2 Å². The summed E-state index contributed by atoms with van der Waals surface area (Å²) in [6.45, 7) is -1.44. The van der Waals surface area contributed by atoms with E-state index in [1.165, 1.54) is 0 Å². The van der Waals surface area contributed by atoms with Gasteiger partial charge in [-0.3, -0.25) is 8.94 Å². The fraction of sp³-hybridized carbons (Fsp3) is 1.00. The van der Waals surface area contributed by atoms with E-state index in [9.17, 15) is 21.6 Å². The Bertz CT molecular complexity index is 211. The lowest BCUT2D eigenvalue weighted by Crippen LogP contribution is -2.25. The third kappa shape index (κ3) is 6.07. The van der Waals surface area contributed by atoms with Crippen molar-refractivity contribution in [1.29, 1.82) is 0 Å². The molecule has 0 aromatic carbocycles. The third-order valence-corrected chi connectivity index (χ3v) is 1.07. The molecule has 0 aromatic rings. The van der Waals surface area contributed by atoms with Crippen LogP contribution in [0.5, 0.6) is 0 Å². The minimum atomic E-state index is -5.22. The lowest BCUT2D eigenvalue weighted by molar-refractivity contribution is -0.182. The number of hydrogen-bond acceptors (Lipinski definition) is 3. The quantitative estimate of drug-likeness (QED) is 0.671. The van der Waals surface area contributed by atoms with Crippen molar-refractivity contribution >= 4 is 10.4 Å². The Labute approximate surface area is 60.9 Å². The van der Waals surface area contributed by atoms with Crippen LogP contribution in [-0.2, 0) is 14.6 Å². The number of hydrogen-bond donors (Lipinski definition) is 1. The summed E-state index contributed by atoms with van der Waals surface area (Å²) in [6, 6.07) is 0. The number of rotatable bonds is 4. The largest absolute Gasteiger partial charge is 0.402 e.